The highest BCUT2D eigenvalue weighted by atomic mass is 32.1. The third-order valence-corrected chi connectivity index (χ3v) is 5.15. The van der Waals surface area contributed by atoms with Gasteiger partial charge in [0, 0.05) is 49.1 Å². The molecule has 2 aromatic carbocycles. The molecule has 0 aliphatic rings. The van der Waals surface area contributed by atoms with Gasteiger partial charge in [0.2, 0.25) is 0 Å². The van der Waals surface area contributed by atoms with Gasteiger partial charge in [-0.05, 0) is 24.6 Å². The zero-order chi connectivity index (χ0) is 20.3. The van der Waals surface area contributed by atoms with Crippen molar-refractivity contribution < 1.29 is 9.72 Å². The van der Waals surface area contributed by atoms with Crippen LogP contribution in [0.1, 0.15) is 28.9 Å². The topological polar surface area (TPSA) is 88.4 Å². The van der Waals surface area contributed by atoms with Crippen molar-refractivity contribution in [1.82, 2.24) is 10.3 Å². The van der Waals surface area contributed by atoms with Crippen LogP contribution >= 0.6 is 11.3 Å². The predicted octanol–water partition coefficient (Wildman–Crippen LogP) is 4.28. The molecule has 0 radical (unpaired) electrons. The van der Waals surface area contributed by atoms with Gasteiger partial charge in [0.05, 0.1) is 16.5 Å². The van der Waals surface area contributed by atoms with Crippen LogP contribution in [0.3, 0.4) is 0 Å². The first-order chi connectivity index (χ1) is 13.4. The molecule has 1 amide bonds. The number of hydrogen-bond acceptors (Lipinski definition) is 6. The summed E-state index contributed by atoms with van der Waals surface area (Å²) in [5, 5.41) is 16.9. The first-order valence-corrected chi connectivity index (χ1v) is 9.51. The highest BCUT2D eigenvalue weighted by molar-refractivity contribution is 7.13. The van der Waals surface area contributed by atoms with E-state index >= 15 is 0 Å². The number of benzene rings is 2. The Labute approximate surface area is 166 Å². The van der Waals surface area contributed by atoms with Crippen LogP contribution in [-0.2, 0) is 0 Å². The molecule has 3 aromatic rings. The Kier molecular flexibility index (Phi) is 5.70. The summed E-state index contributed by atoms with van der Waals surface area (Å²) in [5.74, 6) is -0.362. The molecule has 1 aromatic heterocycles. The quantitative estimate of drug-likeness (QED) is 0.496. The summed E-state index contributed by atoms with van der Waals surface area (Å²) in [7, 11) is 3.58. The molecule has 1 unspecified atom stereocenters. The largest absolute Gasteiger partial charge is 0.377 e. The molecule has 8 heteroatoms. The highest BCUT2D eigenvalue weighted by Crippen LogP contribution is 2.27. The standard InChI is InChI=1S/C20H20N4O3S/c1-13(14-5-4-6-15(11-14)20-21-9-10-28-20)22-19(25)17-12-16(24(26)27)7-8-18(17)23(2)3/h4-13H,1-3H3,(H,22,25). The summed E-state index contributed by atoms with van der Waals surface area (Å²) >= 11 is 1.55. The maximum atomic E-state index is 12.9. The van der Waals surface area contributed by atoms with Gasteiger partial charge >= 0.3 is 0 Å². The molecule has 3 rings (SSSR count). The van der Waals surface area contributed by atoms with Gasteiger partial charge < -0.3 is 10.2 Å². The van der Waals surface area contributed by atoms with Gasteiger partial charge in [0.15, 0.2) is 0 Å². The lowest BCUT2D eigenvalue weighted by Gasteiger charge is -2.19. The van der Waals surface area contributed by atoms with E-state index in [2.05, 4.69) is 10.3 Å². The third kappa shape index (κ3) is 4.17. The zero-order valence-corrected chi connectivity index (χ0v) is 16.6. The van der Waals surface area contributed by atoms with Crippen LogP contribution in [0.15, 0.2) is 54.0 Å². The van der Waals surface area contributed by atoms with Crippen molar-refractivity contribution in [2.45, 2.75) is 13.0 Å². The van der Waals surface area contributed by atoms with Crippen molar-refractivity contribution in [3.8, 4) is 10.6 Å². The SMILES string of the molecule is CC(NC(=O)c1cc([N+](=O)[O-])ccc1N(C)C)c1cccc(-c2nccs2)c1. The maximum Gasteiger partial charge on any atom is 0.270 e. The molecular weight excluding hydrogens is 376 g/mol. The summed E-state index contributed by atoms with van der Waals surface area (Å²) in [6.07, 6.45) is 1.75. The molecule has 0 bridgehead atoms. The molecule has 0 aliphatic carbocycles. The Morgan fingerprint density at radius 3 is 2.68 bits per heavy atom. The van der Waals surface area contributed by atoms with Gasteiger partial charge in [-0.25, -0.2) is 4.98 Å². The number of aromatic nitrogens is 1. The van der Waals surface area contributed by atoms with Crippen LogP contribution in [-0.4, -0.2) is 29.9 Å². The number of rotatable bonds is 6. The van der Waals surface area contributed by atoms with Crippen LogP contribution in [0.25, 0.3) is 10.6 Å². The number of non-ortho nitro benzene ring substituents is 1. The fraction of sp³-hybridized carbons (Fsp3) is 0.200. The van der Waals surface area contributed by atoms with Gasteiger partial charge in [-0.3, -0.25) is 14.9 Å². The van der Waals surface area contributed by atoms with Gasteiger partial charge in [-0.1, -0.05) is 18.2 Å². The van der Waals surface area contributed by atoms with E-state index in [9.17, 15) is 14.9 Å². The second-order valence-electron chi connectivity index (χ2n) is 6.51. The third-order valence-electron chi connectivity index (χ3n) is 4.33. The van der Waals surface area contributed by atoms with Gasteiger partial charge in [0.25, 0.3) is 11.6 Å². The number of carbonyl (C=O) groups excluding carboxylic acids is 1. The van der Waals surface area contributed by atoms with Crippen LogP contribution in [0.4, 0.5) is 11.4 Å². The van der Waals surface area contributed by atoms with Crippen LogP contribution in [0.2, 0.25) is 0 Å². The molecule has 1 heterocycles. The number of carbonyl (C=O) groups is 1. The molecule has 0 aliphatic heterocycles. The van der Waals surface area contributed by atoms with E-state index in [1.165, 1.54) is 12.1 Å². The second-order valence-corrected chi connectivity index (χ2v) is 7.41. The average molecular weight is 396 g/mol. The van der Waals surface area contributed by atoms with E-state index in [0.29, 0.717) is 5.69 Å². The van der Waals surface area contributed by atoms with E-state index < -0.39 is 4.92 Å². The monoisotopic (exact) mass is 396 g/mol. The molecule has 0 saturated carbocycles. The molecule has 7 nitrogen and oxygen atoms in total. The number of thiazole rings is 1. The fourth-order valence-corrected chi connectivity index (χ4v) is 3.51. The van der Waals surface area contributed by atoms with E-state index in [-0.39, 0.29) is 23.2 Å². The van der Waals surface area contributed by atoms with E-state index in [4.69, 9.17) is 0 Å². The molecule has 0 fully saturated rings. The Bertz CT molecular complexity index is 1000. The fourth-order valence-electron chi connectivity index (χ4n) is 2.87. The number of hydrogen-bond donors (Lipinski definition) is 1. The molecule has 1 N–H and O–H groups in total. The summed E-state index contributed by atoms with van der Waals surface area (Å²) in [6.45, 7) is 1.88. The van der Waals surface area contributed by atoms with Crippen LogP contribution in [0, 0.1) is 10.1 Å². The van der Waals surface area contributed by atoms with Crippen molar-refractivity contribution in [3.63, 3.8) is 0 Å². The van der Waals surface area contributed by atoms with E-state index in [1.54, 1.807) is 42.6 Å². The summed E-state index contributed by atoms with van der Waals surface area (Å²) in [4.78, 5) is 29.5. The number of nitro benzene ring substituents is 1. The Morgan fingerprint density at radius 1 is 1.25 bits per heavy atom. The highest BCUT2D eigenvalue weighted by Gasteiger charge is 2.20. The summed E-state index contributed by atoms with van der Waals surface area (Å²) < 4.78 is 0. The van der Waals surface area contributed by atoms with Crippen molar-refractivity contribution in [3.05, 3.63) is 75.3 Å². The number of amides is 1. The number of nitrogens with zero attached hydrogens (tertiary/aromatic N) is 3. The lowest BCUT2D eigenvalue weighted by Crippen LogP contribution is -2.28. The van der Waals surface area contributed by atoms with Gasteiger partial charge in [-0.15, -0.1) is 11.3 Å². The molecule has 0 saturated heterocycles. The minimum atomic E-state index is -0.503. The Balaban J connectivity index is 1.86. The number of nitro groups is 1. The minimum Gasteiger partial charge on any atom is -0.377 e. The van der Waals surface area contributed by atoms with Crippen molar-refractivity contribution >= 4 is 28.6 Å². The minimum absolute atomic E-state index is 0.117. The van der Waals surface area contributed by atoms with Crippen molar-refractivity contribution in [2.75, 3.05) is 19.0 Å². The van der Waals surface area contributed by atoms with E-state index in [0.717, 1.165) is 16.1 Å². The number of nitrogens with one attached hydrogen (secondary N) is 1. The Hall–Kier alpha value is -3.26. The predicted molar refractivity (Wildman–Crippen MR) is 111 cm³/mol. The maximum absolute atomic E-state index is 12.9. The smallest absolute Gasteiger partial charge is 0.270 e. The zero-order valence-electron chi connectivity index (χ0n) is 15.7. The number of anilines is 1. The molecule has 1 atom stereocenters. The molecule has 28 heavy (non-hydrogen) atoms. The van der Waals surface area contributed by atoms with Crippen LogP contribution < -0.4 is 10.2 Å². The summed E-state index contributed by atoms with van der Waals surface area (Å²) in [6, 6.07) is 11.8. The second kappa shape index (κ2) is 8.18. The van der Waals surface area contributed by atoms with Gasteiger partial charge in [0.1, 0.15) is 5.01 Å². The lowest BCUT2D eigenvalue weighted by atomic mass is 10.0. The normalized spacial score (nSPS) is 11.7. The van der Waals surface area contributed by atoms with Gasteiger partial charge in [-0.2, -0.15) is 0 Å². The van der Waals surface area contributed by atoms with Crippen LogP contribution in [0.5, 0.6) is 0 Å². The first-order valence-electron chi connectivity index (χ1n) is 8.63. The van der Waals surface area contributed by atoms with Crippen molar-refractivity contribution in [1.29, 1.82) is 0 Å². The molecule has 144 valence electrons. The molecular formula is C20H20N4O3S. The molecule has 0 spiro atoms. The average Bonchev–Trinajstić information content (AvgIpc) is 3.22. The summed E-state index contributed by atoms with van der Waals surface area (Å²) in [5.41, 5.74) is 2.68. The van der Waals surface area contributed by atoms with E-state index in [1.807, 2.05) is 36.6 Å². The van der Waals surface area contributed by atoms with Crippen molar-refractivity contribution in [2.24, 2.45) is 0 Å². The first kappa shape index (κ1) is 19.5. The lowest BCUT2D eigenvalue weighted by molar-refractivity contribution is -0.384. The Morgan fingerprint density at radius 2 is 2.04 bits per heavy atom.